The number of ether oxygens (including phenoxy) is 1. The highest BCUT2D eigenvalue weighted by molar-refractivity contribution is 6.39. The largest absolute Gasteiger partial charge is 0.481 e. The van der Waals surface area contributed by atoms with Gasteiger partial charge in [0.25, 0.3) is 5.56 Å². The van der Waals surface area contributed by atoms with Crippen LogP contribution in [0.2, 0.25) is 10.0 Å². The molecule has 0 radical (unpaired) electrons. The fraction of sp³-hybridized carbons (Fsp3) is 0.314. The van der Waals surface area contributed by atoms with Crippen LogP contribution in [0.4, 0.5) is 4.39 Å². The molecule has 4 heterocycles. The molecule has 10 nitrogen and oxygen atoms in total. The highest BCUT2D eigenvalue weighted by Crippen LogP contribution is 2.42. The lowest BCUT2D eigenvalue weighted by Crippen LogP contribution is -2.35. The molecule has 48 heavy (non-hydrogen) atoms. The van der Waals surface area contributed by atoms with Crippen LogP contribution in [0.25, 0.3) is 39.0 Å². The number of pyridine rings is 1. The zero-order valence-corrected chi connectivity index (χ0v) is 28.2. The van der Waals surface area contributed by atoms with Gasteiger partial charge in [-0.25, -0.2) is 9.50 Å². The number of amides is 1. The minimum atomic E-state index is -0.407. The highest BCUT2D eigenvalue weighted by Gasteiger charge is 2.21. The first-order valence-electron chi connectivity index (χ1n) is 15.8. The number of carbonyl (C=O) groups is 1. The average molecular weight is 693 g/mol. The zero-order chi connectivity index (χ0) is 33.8. The molecule has 1 fully saturated rings. The van der Waals surface area contributed by atoms with Gasteiger partial charge in [0.05, 0.1) is 36.1 Å². The van der Waals surface area contributed by atoms with E-state index in [9.17, 15) is 14.0 Å². The van der Waals surface area contributed by atoms with Gasteiger partial charge in [-0.05, 0) is 31.5 Å². The number of nitrogens with one attached hydrogen (secondary N) is 3. The molecule has 13 heteroatoms. The maximum atomic E-state index is 13.2. The summed E-state index contributed by atoms with van der Waals surface area (Å²) in [6, 6.07) is 17.2. The van der Waals surface area contributed by atoms with E-state index in [-0.39, 0.29) is 17.5 Å². The fourth-order valence-electron chi connectivity index (χ4n) is 5.91. The summed E-state index contributed by atoms with van der Waals surface area (Å²) in [4.78, 5) is 29.5. The first-order chi connectivity index (χ1) is 23.3. The van der Waals surface area contributed by atoms with Crippen molar-refractivity contribution in [1.82, 2.24) is 35.1 Å². The Morgan fingerprint density at radius 3 is 2.44 bits per heavy atom. The van der Waals surface area contributed by atoms with Gasteiger partial charge in [0.1, 0.15) is 11.3 Å². The predicted molar refractivity (Wildman–Crippen MR) is 186 cm³/mol. The lowest BCUT2D eigenvalue weighted by Gasteiger charge is -2.15. The number of rotatable bonds is 13. The summed E-state index contributed by atoms with van der Waals surface area (Å²) in [6.07, 6.45) is 3.56. The average Bonchev–Trinajstić information content (AvgIpc) is 3.71. The van der Waals surface area contributed by atoms with Crippen molar-refractivity contribution in [2.24, 2.45) is 7.05 Å². The molecule has 0 saturated carbocycles. The van der Waals surface area contributed by atoms with Crippen molar-refractivity contribution >= 4 is 34.6 Å². The molecule has 0 unspecified atom stereocenters. The number of carbonyl (C=O) groups excluding carboxylic acids is 1. The minimum absolute atomic E-state index is 0.0893. The Balaban J connectivity index is 1.27. The van der Waals surface area contributed by atoms with Gasteiger partial charge in [-0.2, -0.15) is 5.10 Å². The van der Waals surface area contributed by atoms with Crippen LogP contribution in [0.3, 0.4) is 0 Å². The first-order valence-corrected chi connectivity index (χ1v) is 16.5. The molecule has 1 saturated heterocycles. The number of aromatic nitrogens is 4. The molecule has 1 aliphatic rings. The second kappa shape index (κ2) is 14.9. The minimum Gasteiger partial charge on any atom is -0.481 e. The van der Waals surface area contributed by atoms with Crippen molar-refractivity contribution in [1.29, 1.82) is 0 Å². The molecule has 0 spiro atoms. The van der Waals surface area contributed by atoms with E-state index >= 15 is 0 Å². The molecule has 3 N–H and O–H groups in total. The molecule has 0 aliphatic carbocycles. The Kier molecular flexibility index (Phi) is 10.4. The number of hydrogen-bond acceptors (Lipinski definition) is 7. The number of benzene rings is 2. The Morgan fingerprint density at radius 1 is 1.00 bits per heavy atom. The monoisotopic (exact) mass is 691 g/mol. The summed E-state index contributed by atoms with van der Waals surface area (Å²) in [5.41, 5.74) is 5.36. The summed E-state index contributed by atoms with van der Waals surface area (Å²) in [5, 5.41) is 15.1. The molecular formula is C35H36Cl2FN7O3. The topological polar surface area (TPSA) is 115 Å². The second-order valence-corrected chi connectivity index (χ2v) is 12.4. The third-order valence-electron chi connectivity index (χ3n) is 8.50. The predicted octanol–water partition coefficient (Wildman–Crippen LogP) is 5.56. The zero-order valence-electron chi connectivity index (χ0n) is 26.7. The molecule has 250 valence electrons. The standard InChI is InChI=1S/C35H36Cl2FN7O3/c1-44-30(19-39-15-5-14-38)43-45-20-22(16-29(45)35(44)47)24-6-3-7-25(32(24)36)26-8-4-9-27(33(26)37)28-12-10-21(34(42-28)48-2)17-40-18-23-11-13-31(46)41-23/h3-4,6-10,12,16,20,23,39-40H,5,11,13-15,17-19H2,1-2H3,(H,41,46)/t23-/m1/s1. The molecule has 5 aromatic rings. The molecule has 2 aromatic carbocycles. The Labute approximate surface area is 287 Å². The van der Waals surface area contributed by atoms with Crippen LogP contribution in [0.5, 0.6) is 5.88 Å². The lowest BCUT2D eigenvalue weighted by molar-refractivity contribution is -0.119. The van der Waals surface area contributed by atoms with Gasteiger partial charge < -0.3 is 20.7 Å². The maximum absolute atomic E-state index is 13.2. The number of fused-ring (bicyclic) bond motifs is 1. The van der Waals surface area contributed by atoms with Gasteiger partial charge in [-0.15, -0.1) is 0 Å². The van der Waals surface area contributed by atoms with E-state index in [1.54, 1.807) is 30.9 Å². The van der Waals surface area contributed by atoms with Gasteiger partial charge >= 0.3 is 0 Å². The van der Waals surface area contributed by atoms with Crippen molar-refractivity contribution in [3.63, 3.8) is 0 Å². The third kappa shape index (κ3) is 6.95. The summed E-state index contributed by atoms with van der Waals surface area (Å²) in [5.74, 6) is 1.10. The molecule has 6 rings (SSSR count). The third-order valence-corrected chi connectivity index (χ3v) is 9.32. The number of hydrogen-bond donors (Lipinski definition) is 3. The lowest BCUT2D eigenvalue weighted by atomic mass is 9.97. The van der Waals surface area contributed by atoms with Gasteiger partial charge in [-0.3, -0.25) is 18.5 Å². The van der Waals surface area contributed by atoms with Crippen LogP contribution < -0.4 is 26.2 Å². The summed E-state index contributed by atoms with van der Waals surface area (Å²) >= 11 is 14.1. The first kappa shape index (κ1) is 33.6. The van der Waals surface area contributed by atoms with Crippen molar-refractivity contribution in [2.75, 3.05) is 26.9 Å². The van der Waals surface area contributed by atoms with E-state index in [0.717, 1.165) is 39.8 Å². The molecule has 1 amide bonds. The van der Waals surface area contributed by atoms with Crippen molar-refractivity contribution < 1.29 is 13.9 Å². The van der Waals surface area contributed by atoms with E-state index in [2.05, 4.69) is 21.0 Å². The SMILES string of the molecule is COc1nc(-c2cccc(-c3cccc(-c4cc5c(=O)n(C)c(CNCCCF)nn5c4)c3Cl)c2Cl)ccc1CNC[C@H]1CCC(=O)N1. The van der Waals surface area contributed by atoms with Crippen LogP contribution in [0.1, 0.15) is 30.7 Å². The molecular weight excluding hydrogens is 656 g/mol. The van der Waals surface area contributed by atoms with E-state index < -0.39 is 6.67 Å². The van der Waals surface area contributed by atoms with E-state index in [1.807, 2.05) is 48.5 Å². The summed E-state index contributed by atoms with van der Waals surface area (Å²) in [7, 11) is 3.25. The van der Waals surface area contributed by atoms with Gasteiger partial charge in [0.2, 0.25) is 11.8 Å². The van der Waals surface area contributed by atoms with Gasteiger partial charge in [0, 0.05) is 72.2 Å². The Hall–Kier alpha value is -4.29. The quantitative estimate of drug-likeness (QED) is 0.139. The fourth-order valence-corrected chi connectivity index (χ4v) is 6.57. The van der Waals surface area contributed by atoms with Crippen LogP contribution in [0, 0.1) is 0 Å². The van der Waals surface area contributed by atoms with Crippen LogP contribution in [-0.2, 0) is 24.9 Å². The molecule has 3 aromatic heterocycles. The van der Waals surface area contributed by atoms with Crippen molar-refractivity contribution in [3.8, 4) is 39.4 Å². The van der Waals surface area contributed by atoms with Crippen molar-refractivity contribution in [2.45, 2.75) is 38.4 Å². The Bertz CT molecular complexity index is 2030. The number of halogens is 3. The molecule has 1 aliphatic heterocycles. The van der Waals surface area contributed by atoms with E-state index in [1.165, 1.54) is 4.57 Å². The summed E-state index contributed by atoms with van der Waals surface area (Å²) in [6.45, 7) is 1.62. The van der Waals surface area contributed by atoms with Crippen LogP contribution >= 0.6 is 23.2 Å². The van der Waals surface area contributed by atoms with E-state index in [4.69, 9.17) is 32.9 Å². The smallest absolute Gasteiger partial charge is 0.277 e. The number of nitrogens with zero attached hydrogens (tertiary/aromatic N) is 4. The number of alkyl halides is 1. The summed E-state index contributed by atoms with van der Waals surface area (Å²) < 4.78 is 21.2. The van der Waals surface area contributed by atoms with Crippen LogP contribution in [-0.4, -0.2) is 58.0 Å². The number of methoxy groups -OCH3 is 1. The Morgan fingerprint density at radius 2 is 1.73 bits per heavy atom. The van der Waals surface area contributed by atoms with Gasteiger partial charge in [0.15, 0.2) is 0 Å². The van der Waals surface area contributed by atoms with E-state index in [0.29, 0.717) is 72.0 Å². The van der Waals surface area contributed by atoms with Crippen molar-refractivity contribution in [3.05, 3.63) is 92.6 Å². The highest BCUT2D eigenvalue weighted by atomic mass is 35.5. The van der Waals surface area contributed by atoms with Gasteiger partial charge in [-0.1, -0.05) is 65.7 Å². The molecule has 1 atom stereocenters. The van der Waals surface area contributed by atoms with Crippen LogP contribution in [0.15, 0.2) is 65.6 Å². The maximum Gasteiger partial charge on any atom is 0.277 e. The normalized spacial score (nSPS) is 14.5. The second-order valence-electron chi connectivity index (χ2n) is 11.7. The molecule has 0 bridgehead atoms.